The molecule has 2 aromatic carbocycles. The second kappa shape index (κ2) is 7.89. The van der Waals surface area contributed by atoms with Crippen molar-refractivity contribution in [2.45, 2.75) is 13.3 Å². The lowest BCUT2D eigenvalue weighted by molar-refractivity contribution is -0.115. The molecule has 2 heterocycles. The molecular formula is C21H17ClN4O3. The molecule has 0 atom stereocenters. The summed E-state index contributed by atoms with van der Waals surface area (Å²) in [5.41, 5.74) is 3.00. The predicted molar refractivity (Wildman–Crippen MR) is 110 cm³/mol. The van der Waals surface area contributed by atoms with Gasteiger partial charge in [0.05, 0.1) is 18.3 Å². The van der Waals surface area contributed by atoms with E-state index in [0.29, 0.717) is 22.4 Å². The first-order valence-corrected chi connectivity index (χ1v) is 9.23. The first-order chi connectivity index (χ1) is 14.0. The quantitative estimate of drug-likeness (QED) is 0.525. The van der Waals surface area contributed by atoms with E-state index in [0.717, 1.165) is 22.0 Å². The highest BCUT2D eigenvalue weighted by molar-refractivity contribution is 6.31. The van der Waals surface area contributed by atoms with Gasteiger partial charge in [0.2, 0.25) is 17.7 Å². The maximum Gasteiger partial charge on any atom is 0.247 e. The lowest BCUT2D eigenvalue weighted by Gasteiger charge is -2.11. The van der Waals surface area contributed by atoms with Crippen LogP contribution in [0.3, 0.4) is 0 Å². The van der Waals surface area contributed by atoms with E-state index in [2.05, 4.69) is 20.5 Å². The van der Waals surface area contributed by atoms with E-state index in [1.807, 2.05) is 37.3 Å². The number of methoxy groups -OCH3 is 1. The van der Waals surface area contributed by atoms with Crippen molar-refractivity contribution in [1.82, 2.24) is 15.2 Å². The number of aromatic nitrogens is 3. The number of rotatable bonds is 5. The Morgan fingerprint density at radius 1 is 1.21 bits per heavy atom. The molecule has 29 heavy (non-hydrogen) atoms. The van der Waals surface area contributed by atoms with Gasteiger partial charge in [0.15, 0.2) is 0 Å². The van der Waals surface area contributed by atoms with Crippen LogP contribution >= 0.6 is 11.6 Å². The number of carbonyl (C=O) groups excluding carboxylic acids is 1. The number of amides is 1. The van der Waals surface area contributed by atoms with E-state index in [-0.39, 0.29) is 18.2 Å². The van der Waals surface area contributed by atoms with E-state index < -0.39 is 0 Å². The molecule has 8 heteroatoms. The van der Waals surface area contributed by atoms with Gasteiger partial charge in [-0.1, -0.05) is 17.7 Å². The van der Waals surface area contributed by atoms with E-state index in [1.54, 1.807) is 18.3 Å². The minimum atomic E-state index is -0.303. The highest BCUT2D eigenvalue weighted by Crippen LogP contribution is 2.31. The van der Waals surface area contributed by atoms with Crippen molar-refractivity contribution < 1.29 is 13.9 Å². The van der Waals surface area contributed by atoms with E-state index in [4.69, 9.17) is 20.8 Å². The van der Waals surface area contributed by atoms with Crippen molar-refractivity contribution >= 4 is 34.1 Å². The summed E-state index contributed by atoms with van der Waals surface area (Å²) in [6.07, 6.45) is 1.68. The zero-order valence-corrected chi connectivity index (χ0v) is 16.5. The SMILES string of the molecule is COc1cc(Cl)c(C)cc1NC(=O)Cc1nnc(-c2ccc3ncccc3c2)o1. The minimum Gasteiger partial charge on any atom is -0.495 e. The van der Waals surface area contributed by atoms with Gasteiger partial charge in [-0.3, -0.25) is 9.78 Å². The number of nitrogens with zero attached hydrogens (tertiary/aromatic N) is 3. The Labute approximate surface area is 171 Å². The third-order valence-corrected chi connectivity index (χ3v) is 4.79. The number of anilines is 1. The average molecular weight is 409 g/mol. The van der Waals surface area contributed by atoms with Crippen LogP contribution in [0.25, 0.3) is 22.4 Å². The fourth-order valence-corrected chi connectivity index (χ4v) is 3.07. The van der Waals surface area contributed by atoms with Crippen LogP contribution in [0.2, 0.25) is 5.02 Å². The van der Waals surface area contributed by atoms with Crippen LogP contribution < -0.4 is 10.1 Å². The van der Waals surface area contributed by atoms with Gasteiger partial charge in [0.25, 0.3) is 0 Å². The Morgan fingerprint density at radius 3 is 2.90 bits per heavy atom. The number of hydrogen-bond donors (Lipinski definition) is 1. The fourth-order valence-electron chi connectivity index (χ4n) is 2.91. The lowest BCUT2D eigenvalue weighted by atomic mass is 10.1. The molecule has 0 radical (unpaired) electrons. The molecule has 0 fully saturated rings. The van der Waals surface area contributed by atoms with Crippen LogP contribution in [0, 0.1) is 6.92 Å². The van der Waals surface area contributed by atoms with Crippen LogP contribution in [0.5, 0.6) is 5.75 Å². The van der Waals surface area contributed by atoms with E-state index in [9.17, 15) is 4.79 Å². The molecular weight excluding hydrogens is 392 g/mol. The molecule has 0 saturated heterocycles. The molecule has 4 aromatic rings. The molecule has 0 bridgehead atoms. The second-order valence-electron chi connectivity index (χ2n) is 6.44. The third-order valence-electron chi connectivity index (χ3n) is 4.38. The number of halogens is 1. The van der Waals surface area contributed by atoms with Crippen molar-refractivity contribution in [3.63, 3.8) is 0 Å². The van der Waals surface area contributed by atoms with Crippen molar-refractivity contribution in [3.05, 3.63) is 65.1 Å². The summed E-state index contributed by atoms with van der Waals surface area (Å²) in [5.74, 6) is 0.736. The van der Waals surface area contributed by atoms with Gasteiger partial charge >= 0.3 is 0 Å². The van der Waals surface area contributed by atoms with Gasteiger partial charge in [0, 0.05) is 28.2 Å². The molecule has 1 amide bonds. The second-order valence-corrected chi connectivity index (χ2v) is 6.85. The fraction of sp³-hybridized carbons (Fsp3) is 0.143. The number of aryl methyl sites for hydroxylation is 1. The van der Waals surface area contributed by atoms with Crippen LogP contribution in [-0.2, 0) is 11.2 Å². The molecule has 4 rings (SSSR count). The monoisotopic (exact) mass is 408 g/mol. The maximum atomic E-state index is 12.4. The Bertz CT molecular complexity index is 1210. The summed E-state index contributed by atoms with van der Waals surface area (Å²) in [6.45, 7) is 1.85. The van der Waals surface area contributed by atoms with Gasteiger partial charge in [-0.15, -0.1) is 10.2 Å². The molecule has 7 nitrogen and oxygen atoms in total. The zero-order chi connectivity index (χ0) is 20.4. The Morgan fingerprint density at radius 2 is 2.07 bits per heavy atom. The Hall–Kier alpha value is -3.45. The number of hydrogen-bond acceptors (Lipinski definition) is 6. The highest BCUT2D eigenvalue weighted by Gasteiger charge is 2.15. The smallest absolute Gasteiger partial charge is 0.247 e. The summed E-state index contributed by atoms with van der Waals surface area (Å²) in [6, 6.07) is 12.9. The number of nitrogens with one attached hydrogen (secondary N) is 1. The average Bonchev–Trinajstić information content (AvgIpc) is 3.18. The number of pyridine rings is 1. The summed E-state index contributed by atoms with van der Waals surface area (Å²) in [5, 5.41) is 12.4. The largest absolute Gasteiger partial charge is 0.495 e. The number of carbonyl (C=O) groups is 1. The highest BCUT2D eigenvalue weighted by atomic mass is 35.5. The van der Waals surface area contributed by atoms with Crippen molar-refractivity contribution in [1.29, 1.82) is 0 Å². The molecule has 0 aliphatic carbocycles. The first kappa shape index (κ1) is 18.9. The molecule has 1 N–H and O–H groups in total. The third kappa shape index (κ3) is 4.05. The van der Waals surface area contributed by atoms with Crippen LogP contribution in [0.15, 0.2) is 53.1 Å². The molecule has 0 unspecified atom stereocenters. The molecule has 0 aliphatic rings. The minimum absolute atomic E-state index is 0.0625. The van der Waals surface area contributed by atoms with Crippen LogP contribution in [0.1, 0.15) is 11.5 Å². The van der Waals surface area contributed by atoms with Crippen molar-refractivity contribution in [3.8, 4) is 17.2 Å². The zero-order valence-electron chi connectivity index (χ0n) is 15.8. The van der Waals surface area contributed by atoms with Gasteiger partial charge in [-0.25, -0.2) is 0 Å². The van der Waals surface area contributed by atoms with E-state index >= 15 is 0 Å². The number of ether oxygens (including phenoxy) is 1. The number of benzene rings is 2. The summed E-state index contributed by atoms with van der Waals surface area (Å²) in [4.78, 5) is 16.7. The van der Waals surface area contributed by atoms with Gasteiger partial charge < -0.3 is 14.5 Å². The van der Waals surface area contributed by atoms with Crippen molar-refractivity contribution in [2.75, 3.05) is 12.4 Å². The summed E-state index contributed by atoms with van der Waals surface area (Å²) in [7, 11) is 1.51. The molecule has 0 saturated carbocycles. The topological polar surface area (TPSA) is 90.1 Å². The van der Waals surface area contributed by atoms with E-state index in [1.165, 1.54) is 7.11 Å². The molecule has 0 spiro atoms. The summed E-state index contributed by atoms with van der Waals surface area (Å²) >= 11 is 6.10. The molecule has 0 aliphatic heterocycles. The number of fused-ring (bicyclic) bond motifs is 1. The molecule has 2 aromatic heterocycles. The normalized spacial score (nSPS) is 10.9. The first-order valence-electron chi connectivity index (χ1n) is 8.85. The van der Waals surface area contributed by atoms with Crippen LogP contribution in [0.4, 0.5) is 5.69 Å². The lowest BCUT2D eigenvalue weighted by Crippen LogP contribution is -2.15. The van der Waals surface area contributed by atoms with Crippen LogP contribution in [-0.4, -0.2) is 28.2 Å². The predicted octanol–water partition coefficient (Wildman–Crippen LogP) is 4.44. The maximum absolute atomic E-state index is 12.4. The van der Waals surface area contributed by atoms with Gasteiger partial charge in [-0.05, 0) is 42.8 Å². The van der Waals surface area contributed by atoms with Crippen molar-refractivity contribution in [2.24, 2.45) is 0 Å². The standard InChI is InChI=1S/C21H17ClN4O3/c1-12-8-17(18(28-2)10-15(12)22)24-19(27)11-20-25-26-21(29-20)14-5-6-16-13(9-14)4-3-7-23-16/h3-10H,11H2,1-2H3,(H,24,27). The Balaban J connectivity index is 1.50. The van der Waals surface area contributed by atoms with Gasteiger partial charge in [0.1, 0.15) is 12.2 Å². The Kier molecular flexibility index (Phi) is 5.14. The molecule has 146 valence electrons. The van der Waals surface area contributed by atoms with Gasteiger partial charge in [-0.2, -0.15) is 0 Å². The summed E-state index contributed by atoms with van der Waals surface area (Å²) < 4.78 is 10.9.